The molecular formula is C18H18N4OS. The molecule has 0 unspecified atom stereocenters. The van der Waals surface area contributed by atoms with Crippen molar-refractivity contribution < 1.29 is 4.74 Å². The Labute approximate surface area is 145 Å². The Kier molecular flexibility index (Phi) is 4.49. The van der Waals surface area contributed by atoms with Crippen LogP contribution in [0.1, 0.15) is 11.3 Å². The first-order chi connectivity index (χ1) is 11.9. The second-order valence-corrected chi connectivity index (χ2v) is 6.94. The van der Waals surface area contributed by atoms with Gasteiger partial charge < -0.3 is 4.74 Å². The fourth-order valence-electron chi connectivity index (χ4n) is 2.87. The number of thiazole rings is 1. The minimum absolute atomic E-state index is 0.248. The molecule has 5 nitrogen and oxygen atoms in total. The van der Waals surface area contributed by atoms with Gasteiger partial charge in [-0.3, -0.25) is 14.9 Å². The summed E-state index contributed by atoms with van der Waals surface area (Å²) in [5.41, 5.74) is 1.08. The fourth-order valence-corrected chi connectivity index (χ4v) is 3.81. The zero-order chi connectivity index (χ0) is 16.2. The van der Waals surface area contributed by atoms with Crippen molar-refractivity contribution in [3.8, 4) is 16.3 Å². The number of pyridine rings is 2. The lowest BCUT2D eigenvalue weighted by Crippen LogP contribution is -2.24. The Hall–Kier alpha value is -2.31. The summed E-state index contributed by atoms with van der Waals surface area (Å²) in [7, 11) is 0. The summed E-state index contributed by atoms with van der Waals surface area (Å²) >= 11 is 1.74. The Balaban J connectivity index is 1.34. The molecule has 4 rings (SSSR count). The average Bonchev–Trinajstić information content (AvgIpc) is 3.27. The van der Waals surface area contributed by atoms with Crippen LogP contribution in [-0.2, 0) is 6.54 Å². The van der Waals surface area contributed by atoms with Gasteiger partial charge in [0.05, 0.1) is 0 Å². The van der Waals surface area contributed by atoms with Gasteiger partial charge in [-0.15, -0.1) is 11.3 Å². The van der Waals surface area contributed by atoms with Crippen molar-refractivity contribution in [1.29, 1.82) is 0 Å². The van der Waals surface area contributed by atoms with Crippen LogP contribution in [0, 0.1) is 0 Å². The van der Waals surface area contributed by atoms with Crippen LogP contribution < -0.4 is 4.74 Å². The first kappa shape index (κ1) is 15.2. The molecule has 0 aliphatic carbocycles. The van der Waals surface area contributed by atoms with E-state index in [1.807, 2.05) is 36.7 Å². The Morgan fingerprint density at radius 1 is 1.12 bits per heavy atom. The topological polar surface area (TPSA) is 51.1 Å². The van der Waals surface area contributed by atoms with E-state index < -0.39 is 0 Å². The summed E-state index contributed by atoms with van der Waals surface area (Å²) < 4.78 is 6.02. The van der Waals surface area contributed by atoms with Crippen LogP contribution in [0.25, 0.3) is 10.6 Å². The molecule has 1 aliphatic rings. The van der Waals surface area contributed by atoms with Crippen LogP contribution >= 0.6 is 11.3 Å². The van der Waals surface area contributed by atoms with E-state index >= 15 is 0 Å². The molecule has 1 saturated heterocycles. The molecule has 24 heavy (non-hydrogen) atoms. The van der Waals surface area contributed by atoms with Crippen LogP contribution in [0.3, 0.4) is 0 Å². The standard InChI is InChI=1S/C18H18N4OS/c1-2-14(10-20-6-1)18-21-11-17(24-18)13-22-9-5-16(12-22)23-15-3-7-19-8-4-15/h1-4,6-8,10-11,16H,5,9,12-13H2/t16-/m0/s1. The van der Waals surface area contributed by atoms with Crippen molar-refractivity contribution in [3.63, 3.8) is 0 Å². The summed E-state index contributed by atoms with van der Waals surface area (Å²) in [6, 6.07) is 7.81. The summed E-state index contributed by atoms with van der Waals surface area (Å²) in [6.45, 7) is 2.92. The summed E-state index contributed by atoms with van der Waals surface area (Å²) in [6.07, 6.45) is 10.4. The van der Waals surface area contributed by atoms with Gasteiger partial charge in [0.15, 0.2) is 0 Å². The van der Waals surface area contributed by atoms with E-state index in [0.717, 1.165) is 42.4 Å². The van der Waals surface area contributed by atoms with Gasteiger partial charge in [0.2, 0.25) is 0 Å². The molecule has 4 heterocycles. The molecule has 0 amide bonds. The average molecular weight is 338 g/mol. The van der Waals surface area contributed by atoms with E-state index in [-0.39, 0.29) is 6.10 Å². The molecule has 1 fully saturated rings. The Morgan fingerprint density at radius 2 is 2.04 bits per heavy atom. The predicted octanol–water partition coefficient (Wildman–Crippen LogP) is 3.25. The molecule has 3 aromatic rings. The van der Waals surface area contributed by atoms with E-state index in [1.54, 1.807) is 29.9 Å². The first-order valence-electron chi connectivity index (χ1n) is 8.01. The maximum atomic E-state index is 6.02. The molecule has 1 atom stereocenters. The van der Waals surface area contributed by atoms with E-state index in [0.29, 0.717) is 0 Å². The molecule has 3 aromatic heterocycles. The number of rotatable bonds is 5. The third-order valence-electron chi connectivity index (χ3n) is 4.02. The lowest BCUT2D eigenvalue weighted by Gasteiger charge is -2.15. The van der Waals surface area contributed by atoms with E-state index in [1.165, 1.54) is 4.88 Å². The molecule has 0 spiro atoms. The number of likely N-dealkylation sites (tertiary alicyclic amines) is 1. The van der Waals surface area contributed by atoms with Gasteiger partial charge in [-0.25, -0.2) is 4.98 Å². The molecule has 1 aliphatic heterocycles. The number of hydrogen-bond donors (Lipinski definition) is 0. The number of nitrogens with zero attached hydrogens (tertiary/aromatic N) is 4. The van der Waals surface area contributed by atoms with Gasteiger partial charge >= 0.3 is 0 Å². The van der Waals surface area contributed by atoms with Crippen molar-refractivity contribution in [2.45, 2.75) is 19.1 Å². The van der Waals surface area contributed by atoms with Gasteiger partial charge in [-0.05, 0) is 30.7 Å². The largest absolute Gasteiger partial charge is 0.489 e. The van der Waals surface area contributed by atoms with E-state index in [4.69, 9.17) is 4.74 Å². The van der Waals surface area contributed by atoms with Crippen LogP contribution in [0.5, 0.6) is 5.75 Å². The highest BCUT2D eigenvalue weighted by molar-refractivity contribution is 7.15. The van der Waals surface area contributed by atoms with Crippen LogP contribution in [0.4, 0.5) is 0 Å². The highest BCUT2D eigenvalue weighted by Crippen LogP contribution is 2.26. The highest BCUT2D eigenvalue weighted by atomic mass is 32.1. The molecule has 0 N–H and O–H groups in total. The third kappa shape index (κ3) is 3.60. The third-order valence-corrected chi connectivity index (χ3v) is 5.05. The number of aromatic nitrogens is 3. The summed E-state index contributed by atoms with van der Waals surface area (Å²) in [4.78, 5) is 16.4. The van der Waals surface area contributed by atoms with Crippen molar-refractivity contribution >= 4 is 11.3 Å². The Bertz CT molecular complexity index is 778. The molecule has 0 saturated carbocycles. The molecule has 0 radical (unpaired) electrons. The van der Waals surface area contributed by atoms with Gasteiger partial charge in [-0.2, -0.15) is 0 Å². The normalized spacial score (nSPS) is 17.9. The molecular weight excluding hydrogens is 320 g/mol. The highest BCUT2D eigenvalue weighted by Gasteiger charge is 2.24. The molecule has 0 aromatic carbocycles. The smallest absolute Gasteiger partial charge is 0.125 e. The lowest BCUT2D eigenvalue weighted by molar-refractivity contribution is 0.198. The van der Waals surface area contributed by atoms with E-state index in [9.17, 15) is 0 Å². The van der Waals surface area contributed by atoms with Gasteiger partial charge in [0.25, 0.3) is 0 Å². The Morgan fingerprint density at radius 3 is 2.88 bits per heavy atom. The second-order valence-electron chi connectivity index (χ2n) is 5.82. The van der Waals surface area contributed by atoms with Gasteiger partial charge in [-0.1, -0.05) is 0 Å². The second kappa shape index (κ2) is 7.07. The van der Waals surface area contributed by atoms with Crippen LogP contribution in [0.15, 0.2) is 55.2 Å². The van der Waals surface area contributed by atoms with Crippen LogP contribution in [0.2, 0.25) is 0 Å². The van der Waals surface area contributed by atoms with Gasteiger partial charge in [0.1, 0.15) is 16.9 Å². The minimum Gasteiger partial charge on any atom is -0.489 e. The SMILES string of the molecule is c1cncc(-c2ncc(CN3CC[C@H](Oc4ccncc4)C3)s2)c1. The van der Waals surface area contributed by atoms with Gasteiger partial charge in [0, 0.05) is 61.1 Å². The maximum absolute atomic E-state index is 6.02. The van der Waals surface area contributed by atoms with Crippen LogP contribution in [-0.4, -0.2) is 39.0 Å². The summed E-state index contributed by atoms with van der Waals surface area (Å²) in [5.74, 6) is 0.897. The first-order valence-corrected chi connectivity index (χ1v) is 8.82. The fraction of sp³-hybridized carbons (Fsp3) is 0.278. The zero-order valence-corrected chi connectivity index (χ0v) is 14.0. The zero-order valence-electron chi connectivity index (χ0n) is 13.2. The summed E-state index contributed by atoms with van der Waals surface area (Å²) in [5, 5.41) is 1.03. The minimum atomic E-state index is 0.248. The van der Waals surface area contributed by atoms with Crippen molar-refractivity contribution in [2.75, 3.05) is 13.1 Å². The van der Waals surface area contributed by atoms with E-state index in [2.05, 4.69) is 19.9 Å². The number of hydrogen-bond acceptors (Lipinski definition) is 6. The maximum Gasteiger partial charge on any atom is 0.125 e. The molecule has 122 valence electrons. The quantitative estimate of drug-likeness (QED) is 0.715. The predicted molar refractivity (Wildman–Crippen MR) is 93.9 cm³/mol. The van der Waals surface area contributed by atoms with Crippen molar-refractivity contribution in [3.05, 3.63) is 60.1 Å². The van der Waals surface area contributed by atoms with Crippen molar-refractivity contribution in [1.82, 2.24) is 19.9 Å². The number of ether oxygens (including phenoxy) is 1. The van der Waals surface area contributed by atoms with Crippen molar-refractivity contribution in [2.24, 2.45) is 0 Å². The molecule has 6 heteroatoms. The monoisotopic (exact) mass is 338 g/mol. The molecule has 0 bridgehead atoms. The lowest BCUT2D eigenvalue weighted by atomic mass is 10.3.